The molecule has 0 aliphatic carbocycles. The minimum absolute atomic E-state index is 0.557. The molecule has 0 aromatic rings. The van der Waals surface area contributed by atoms with Crippen LogP contribution in [0.25, 0.3) is 0 Å². The van der Waals surface area contributed by atoms with E-state index in [0.29, 0.717) is 0 Å². The molecule has 5 heteroatoms. The minimum atomic E-state index is -0.931. The van der Waals surface area contributed by atoms with Crippen LogP contribution in [-0.2, 0) is 9.59 Å². The molecule has 11 heavy (non-hydrogen) atoms. The number of hydrogen-bond donors (Lipinski definition) is 3. The quantitative estimate of drug-likeness (QED) is 0.344. The zero-order valence-electron chi connectivity index (χ0n) is 6.07. The highest BCUT2D eigenvalue weighted by Crippen LogP contribution is 1.75. The van der Waals surface area contributed by atoms with E-state index in [0.717, 1.165) is 12.2 Å². The van der Waals surface area contributed by atoms with Crippen LogP contribution in [0.15, 0.2) is 12.2 Å². The molecular formula is C6H10N2O3. The number of rotatable bonds is 3. The zero-order chi connectivity index (χ0) is 8.85. The van der Waals surface area contributed by atoms with E-state index >= 15 is 0 Å². The second-order valence-electron chi connectivity index (χ2n) is 1.92. The van der Waals surface area contributed by atoms with E-state index in [2.05, 4.69) is 5.32 Å². The van der Waals surface area contributed by atoms with Crippen LogP contribution in [-0.4, -0.2) is 23.1 Å². The van der Waals surface area contributed by atoms with Gasteiger partial charge >= 0.3 is 0 Å². The van der Waals surface area contributed by atoms with Gasteiger partial charge in [-0.25, -0.2) is 0 Å². The summed E-state index contributed by atoms with van der Waals surface area (Å²) in [6, 6.07) is 0. The number of aliphatic hydroxyl groups is 1. The normalized spacial score (nSPS) is 12.9. The van der Waals surface area contributed by atoms with Gasteiger partial charge in [-0.2, -0.15) is 0 Å². The Morgan fingerprint density at radius 1 is 1.55 bits per heavy atom. The van der Waals surface area contributed by atoms with Crippen LogP contribution in [0, 0.1) is 0 Å². The van der Waals surface area contributed by atoms with Crippen LogP contribution < -0.4 is 11.1 Å². The Bertz CT molecular complexity index is 186. The molecule has 0 spiro atoms. The van der Waals surface area contributed by atoms with Crippen LogP contribution >= 0.6 is 0 Å². The molecule has 0 aliphatic rings. The molecular weight excluding hydrogens is 148 g/mol. The lowest BCUT2D eigenvalue weighted by Gasteiger charge is -2.02. The number of nitrogens with one attached hydrogen (secondary N) is 1. The summed E-state index contributed by atoms with van der Waals surface area (Å²) in [6.45, 7) is 1.38. The molecule has 0 heterocycles. The molecule has 1 atom stereocenters. The Hall–Kier alpha value is -1.36. The Morgan fingerprint density at radius 3 is 2.45 bits per heavy atom. The standard InChI is InChI=1S/C6H10N2O3/c1-4(9)8-6(11)3-2-5(7)10/h2-4,9H,1H3,(H2,7,10)(H,8,11). The number of amides is 2. The van der Waals surface area contributed by atoms with Gasteiger partial charge in [-0.05, 0) is 6.92 Å². The maximum absolute atomic E-state index is 10.6. The molecule has 0 saturated heterocycles. The van der Waals surface area contributed by atoms with E-state index in [1.54, 1.807) is 0 Å². The van der Waals surface area contributed by atoms with E-state index in [9.17, 15) is 9.59 Å². The number of carbonyl (C=O) groups is 2. The average molecular weight is 158 g/mol. The van der Waals surface area contributed by atoms with Gasteiger partial charge in [0.2, 0.25) is 11.8 Å². The molecule has 0 saturated carbocycles. The van der Waals surface area contributed by atoms with Gasteiger partial charge in [-0.15, -0.1) is 0 Å². The fraction of sp³-hybridized carbons (Fsp3) is 0.333. The van der Waals surface area contributed by atoms with Gasteiger partial charge in [0.15, 0.2) is 0 Å². The van der Waals surface area contributed by atoms with Crippen molar-refractivity contribution < 1.29 is 14.7 Å². The van der Waals surface area contributed by atoms with Crippen LogP contribution in [0.2, 0.25) is 0 Å². The second kappa shape index (κ2) is 4.45. The molecule has 2 amide bonds. The monoisotopic (exact) mass is 158 g/mol. The fourth-order valence-corrected chi connectivity index (χ4v) is 0.412. The van der Waals surface area contributed by atoms with Gasteiger partial charge in [0.25, 0.3) is 0 Å². The maximum atomic E-state index is 10.6. The second-order valence-corrected chi connectivity index (χ2v) is 1.92. The Balaban J connectivity index is 3.78. The van der Waals surface area contributed by atoms with Gasteiger partial charge < -0.3 is 16.2 Å². The van der Waals surface area contributed by atoms with Crippen molar-refractivity contribution in [2.75, 3.05) is 0 Å². The summed E-state index contributed by atoms with van der Waals surface area (Å²) in [7, 11) is 0. The Kier molecular flexibility index (Phi) is 3.90. The highest BCUT2D eigenvalue weighted by molar-refractivity contribution is 5.95. The highest BCUT2D eigenvalue weighted by atomic mass is 16.3. The van der Waals surface area contributed by atoms with Crippen molar-refractivity contribution in [3.63, 3.8) is 0 Å². The summed E-state index contributed by atoms with van der Waals surface area (Å²) in [5.74, 6) is -1.26. The number of aliphatic hydroxyl groups excluding tert-OH is 1. The number of carbonyl (C=O) groups excluding carboxylic acids is 2. The van der Waals surface area contributed by atoms with Crippen LogP contribution in [0.3, 0.4) is 0 Å². The van der Waals surface area contributed by atoms with E-state index in [1.165, 1.54) is 6.92 Å². The molecule has 0 aromatic carbocycles. The number of hydrogen-bond acceptors (Lipinski definition) is 3. The molecule has 0 radical (unpaired) electrons. The molecule has 62 valence electrons. The smallest absolute Gasteiger partial charge is 0.246 e. The first-order valence-corrected chi connectivity index (χ1v) is 2.98. The highest BCUT2D eigenvalue weighted by Gasteiger charge is 1.98. The van der Waals surface area contributed by atoms with Crippen LogP contribution in [0.5, 0.6) is 0 Å². The van der Waals surface area contributed by atoms with Crippen LogP contribution in [0.4, 0.5) is 0 Å². The molecule has 4 N–H and O–H groups in total. The van der Waals surface area contributed by atoms with E-state index < -0.39 is 18.0 Å². The predicted molar refractivity (Wildman–Crippen MR) is 38.2 cm³/mol. The molecule has 0 aromatic heterocycles. The lowest BCUT2D eigenvalue weighted by atomic mass is 10.4. The number of nitrogens with two attached hydrogens (primary N) is 1. The van der Waals surface area contributed by atoms with Crippen molar-refractivity contribution in [2.45, 2.75) is 13.2 Å². The van der Waals surface area contributed by atoms with Gasteiger partial charge in [0.1, 0.15) is 6.23 Å². The third-order valence-corrected chi connectivity index (χ3v) is 0.750. The molecule has 0 bridgehead atoms. The van der Waals surface area contributed by atoms with E-state index in [1.807, 2.05) is 0 Å². The van der Waals surface area contributed by atoms with Crippen molar-refractivity contribution in [2.24, 2.45) is 5.73 Å². The zero-order valence-corrected chi connectivity index (χ0v) is 6.07. The molecule has 0 fully saturated rings. The lowest BCUT2D eigenvalue weighted by molar-refractivity contribution is -0.119. The number of primary amides is 1. The topological polar surface area (TPSA) is 92.4 Å². The average Bonchev–Trinajstić information content (AvgIpc) is 1.82. The van der Waals surface area contributed by atoms with E-state index in [-0.39, 0.29) is 0 Å². The Labute approximate surface area is 63.9 Å². The van der Waals surface area contributed by atoms with Crippen molar-refractivity contribution in [1.82, 2.24) is 5.32 Å². The summed E-state index contributed by atoms with van der Waals surface area (Å²) in [4.78, 5) is 20.7. The van der Waals surface area contributed by atoms with Crippen molar-refractivity contribution in [1.29, 1.82) is 0 Å². The summed E-state index contributed by atoms with van der Waals surface area (Å²) < 4.78 is 0. The molecule has 0 aliphatic heterocycles. The van der Waals surface area contributed by atoms with Gasteiger partial charge in [0, 0.05) is 12.2 Å². The van der Waals surface area contributed by atoms with Crippen molar-refractivity contribution in [3.8, 4) is 0 Å². The van der Waals surface area contributed by atoms with E-state index in [4.69, 9.17) is 10.8 Å². The summed E-state index contributed by atoms with van der Waals surface area (Å²) in [5, 5.41) is 10.7. The first kappa shape index (κ1) is 9.64. The Morgan fingerprint density at radius 2 is 2.09 bits per heavy atom. The van der Waals surface area contributed by atoms with Crippen molar-refractivity contribution in [3.05, 3.63) is 12.2 Å². The minimum Gasteiger partial charge on any atom is -0.374 e. The fourth-order valence-electron chi connectivity index (χ4n) is 0.412. The molecule has 1 unspecified atom stereocenters. The predicted octanol–water partition coefficient (Wildman–Crippen LogP) is -1.52. The van der Waals surface area contributed by atoms with Crippen LogP contribution in [0.1, 0.15) is 6.92 Å². The third kappa shape index (κ3) is 6.53. The lowest BCUT2D eigenvalue weighted by Crippen LogP contribution is -2.30. The summed E-state index contributed by atoms with van der Waals surface area (Å²) in [5.41, 5.74) is 4.70. The summed E-state index contributed by atoms with van der Waals surface area (Å²) >= 11 is 0. The first-order chi connectivity index (χ1) is 5.02. The van der Waals surface area contributed by atoms with Crippen molar-refractivity contribution >= 4 is 11.8 Å². The molecule has 0 rings (SSSR count). The first-order valence-electron chi connectivity index (χ1n) is 2.98. The largest absolute Gasteiger partial charge is 0.374 e. The maximum Gasteiger partial charge on any atom is 0.246 e. The van der Waals surface area contributed by atoms with Gasteiger partial charge in [0.05, 0.1) is 0 Å². The molecule has 5 nitrogen and oxygen atoms in total. The van der Waals surface area contributed by atoms with Gasteiger partial charge in [-0.3, -0.25) is 9.59 Å². The van der Waals surface area contributed by atoms with Gasteiger partial charge in [-0.1, -0.05) is 0 Å². The third-order valence-electron chi connectivity index (χ3n) is 0.750. The SMILES string of the molecule is CC(O)NC(=O)C=CC(N)=O. The summed E-state index contributed by atoms with van der Waals surface area (Å²) in [6.07, 6.45) is 0.937.